The van der Waals surface area contributed by atoms with Crippen molar-refractivity contribution in [3.63, 3.8) is 0 Å². The largest absolute Gasteiger partial charge is 0.383 e. The lowest BCUT2D eigenvalue weighted by atomic mass is 10.1. The number of carbonyl (C=O) groups is 2. The van der Waals surface area contributed by atoms with E-state index in [0.717, 1.165) is 41.5 Å². The fraction of sp³-hybridized carbons (Fsp3) is 0.217. The molecule has 1 fully saturated rings. The van der Waals surface area contributed by atoms with E-state index in [4.69, 9.17) is 11.0 Å². The fourth-order valence-electron chi connectivity index (χ4n) is 3.38. The van der Waals surface area contributed by atoms with Crippen molar-refractivity contribution in [2.75, 3.05) is 11.1 Å². The summed E-state index contributed by atoms with van der Waals surface area (Å²) in [5.74, 6) is -0.263. The summed E-state index contributed by atoms with van der Waals surface area (Å²) in [5, 5.41) is 15.7. The maximum atomic E-state index is 12.2. The Morgan fingerprint density at radius 3 is 2.75 bits per heavy atom. The number of rotatable bonds is 6. The van der Waals surface area contributed by atoms with Gasteiger partial charge in [0, 0.05) is 41.7 Å². The number of aryl methyl sites for hydroxylation is 1. The van der Waals surface area contributed by atoms with Gasteiger partial charge in [-0.3, -0.25) is 14.6 Å². The quantitative estimate of drug-likeness (QED) is 0.512. The smallest absolute Gasteiger partial charge is 0.249 e. The first-order valence-electron chi connectivity index (χ1n) is 10.0. The van der Waals surface area contributed by atoms with Gasteiger partial charge in [0.25, 0.3) is 0 Å². The lowest BCUT2D eigenvalue weighted by Crippen LogP contribution is -2.35. The van der Waals surface area contributed by atoms with E-state index in [-0.39, 0.29) is 6.42 Å². The van der Waals surface area contributed by atoms with Gasteiger partial charge in [0.05, 0.1) is 23.7 Å². The molecule has 1 aliphatic carbocycles. The number of pyridine rings is 3. The van der Waals surface area contributed by atoms with E-state index in [1.165, 1.54) is 0 Å². The Kier molecular flexibility index (Phi) is 5.52. The molecule has 4 N–H and O–H groups in total. The molecule has 0 aromatic carbocycles. The Balaban J connectivity index is 1.50. The van der Waals surface area contributed by atoms with E-state index in [2.05, 4.69) is 31.7 Å². The van der Waals surface area contributed by atoms with Crippen LogP contribution in [0.1, 0.15) is 24.8 Å². The minimum atomic E-state index is -0.498. The summed E-state index contributed by atoms with van der Waals surface area (Å²) < 4.78 is 0. The van der Waals surface area contributed by atoms with Crippen LogP contribution in [0.5, 0.6) is 0 Å². The summed E-state index contributed by atoms with van der Waals surface area (Å²) in [6.45, 7) is 1.96. The van der Waals surface area contributed by atoms with E-state index in [1.54, 1.807) is 24.7 Å². The van der Waals surface area contributed by atoms with Gasteiger partial charge in [-0.15, -0.1) is 0 Å². The summed E-state index contributed by atoms with van der Waals surface area (Å²) >= 11 is 0. The molecule has 3 aromatic rings. The number of nitrogen functional groups attached to an aromatic ring is 1. The highest BCUT2D eigenvalue weighted by atomic mass is 16.2. The summed E-state index contributed by atoms with van der Waals surface area (Å²) in [5.41, 5.74) is 8.23. The number of anilines is 2. The highest BCUT2D eigenvalue weighted by Gasteiger charge is 2.43. The zero-order valence-corrected chi connectivity index (χ0v) is 17.4. The molecule has 4 rings (SSSR count). The minimum Gasteiger partial charge on any atom is -0.383 e. The lowest BCUT2D eigenvalue weighted by molar-refractivity contribution is -0.118. The molecule has 0 spiro atoms. The first-order chi connectivity index (χ1) is 15.4. The molecule has 0 saturated heterocycles. The molecule has 0 radical (unpaired) electrons. The number of fused-ring (bicyclic) bond motifs is 1. The van der Waals surface area contributed by atoms with Gasteiger partial charge in [-0.2, -0.15) is 5.26 Å². The third-order valence-corrected chi connectivity index (χ3v) is 5.36. The number of nitrogens with two attached hydrogens (primary N) is 1. The Labute approximate surface area is 184 Å². The van der Waals surface area contributed by atoms with Crippen LogP contribution in [0.3, 0.4) is 0 Å². The first-order valence-corrected chi connectivity index (χ1v) is 10.0. The molecule has 3 aromatic heterocycles. The van der Waals surface area contributed by atoms with Crippen molar-refractivity contribution in [1.29, 1.82) is 5.26 Å². The van der Waals surface area contributed by atoms with Crippen LogP contribution in [0.4, 0.5) is 11.6 Å². The van der Waals surface area contributed by atoms with Crippen molar-refractivity contribution in [2.24, 2.45) is 0 Å². The van der Waals surface area contributed by atoms with Crippen LogP contribution < -0.4 is 16.4 Å². The molecule has 0 atom stereocenters. The second-order valence-electron chi connectivity index (χ2n) is 7.80. The number of nitriles is 1. The molecular weight excluding hydrogens is 406 g/mol. The van der Waals surface area contributed by atoms with Crippen LogP contribution in [-0.4, -0.2) is 32.3 Å². The van der Waals surface area contributed by atoms with Crippen molar-refractivity contribution in [2.45, 2.75) is 31.7 Å². The van der Waals surface area contributed by atoms with Crippen molar-refractivity contribution < 1.29 is 9.59 Å². The Morgan fingerprint density at radius 1 is 1.25 bits per heavy atom. The van der Waals surface area contributed by atoms with Crippen molar-refractivity contribution in [1.82, 2.24) is 20.3 Å². The average molecular weight is 427 g/mol. The summed E-state index contributed by atoms with van der Waals surface area (Å²) in [7, 11) is 0. The molecule has 0 unspecified atom stereocenters. The predicted molar refractivity (Wildman–Crippen MR) is 120 cm³/mol. The van der Waals surface area contributed by atoms with E-state index in [1.807, 2.05) is 19.1 Å². The Hall–Kier alpha value is -4.32. The Morgan fingerprint density at radius 2 is 2.03 bits per heavy atom. The number of aromatic nitrogens is 3. The molecule has 9 nitrogen and oxygen atoms in total. The maximum Gasteiger partial charge on any atom is 0.249 e. The van der Waals surface area contributed by atoms with Crippen LogP contribution >= 0.6 is 0 Å². The fourth-order valence-corrected chi connectivity index (χ4v) is 3.38. The lowest BCUT2D eigenvalue weighted by Gasteiger charge is -2.11. The van der Waals surface area contributed by atoms with E-state index in [0.29, 0.717) is 22.7 Å². The molecule has 0 aliphatic heterocycles. The highest BCUT2D eigenvalue weighted by Crippen LogP contribution is 2.38. The molecule has 0 bridgehead atoms. The van der Waals surface area contributed by atoms with Gasteiger partial charge < -0.3 is 16.4 Å². The van der Waals surface area contributed by atoms with Gasteiger partial charge in [-0.05, 0) is 48.9 Å². The van der Waals surface area contributed by atoms with Crippen LogP contribution in [0, 0.1) is 18.3 Å². The highest BCUT2D eigenvalue weighted by molar-refractivity contribution is 6.04. The first kappa shape index (κ1) is 20.9. The molecule has 3 heterocycles. The van der Waals surface area contributed by atoms with E-state index >= 15 is 0 Å². The second-order valence-corrected chi connectivity index (χ2v) is 7.80. The number of carbonyl (C=O) groups excluding carboxylic acids is 2. The second kappa shape index (κ2) is 8.43. The molecule has 1 aliphatic rings. The van der Waals surface area contributed by atoms with Crippen LogP contribution in [0.15, 0.2) is 48.9 Å². The summed E-state index contributed by atoms with van der Waals surface area (Å²) in [4.78, 5) is 37.1. The zero-order chi connectivity index (χ0) is 22.7. The number of nitrogens with one attached hydrogen (secondary N) is 2. The molecule has 1 saturated carbocycles. The summed E-state index contributed by atoms with van der Waals surface area (Å²) in [6.07, 6.45) is 9.07. The standard InChI is InChI=1S/C23H21N7O2/c1-14-4-9-26-12-16(14)18-10-15-11-19(27-13-17(15)22(25)28-18)29-20(31)2-3-21(32)30-23(5-6-23)7-8-24/h2-4,9-13H,5-7H2,1H3,(H2,25,28)(H,30,32)(H,27,29,31)/b3-2+. The van der Waals surface area contributed by atoms with Gasteiger partial charge in [0.15, 0.2) is 0 Å². The number of nitrogens with zero attached hydrogens (tertiary/aromatic N) is 4. The van der Waals surface area contributed by atoms with Crippen LogP contribution in [-0.2, 0) is 9.59 Å². The predicted octanol–water partition coefficient (Wildman–Crippen LogP) is 2.64. The minimum absolute atomic E-state index is 0.262. The summed E-state index contributed by atoms with van der Waals surface area (Å²) in [6, 6.07) is 7.52. The molecule has 9 heteroatoms. The van der Waals surface area contributed by atoms with Crippen molar-refractivity contribution >= 4 is 34.2 Å². The number of hydrogen-bond donors (Lipinski definition) is 3. The monoisotopic (exact) mass is 427 g/mol. The van der Waals surface area contributed by atoms with Gasteiger partial charge in [0.1, 0.15) is 11.6 Å². The van der Waals surface area contributed by atoms with Gasteiger partial charge in [-0.25, -0.2) is 9.97 Å². The zero-order valence-electron chi connectivity index (χ0n) is 17.4. The third-order valence-electron chi connectivity index (χ3n) is 5.36. The maximum absolute atomic E-state index is 12.2. The third kappa shape index (κ3) is 4.54. The van der Waals surface area contributed by atoms with Gasteiger partial charge >= 0.3 is 0 Å². The van der Waals surface area contributed by atoms with Gasteiger partial charge in [-0.1, -0.05) is 0 Å². The van der Waals surface area contributed by atoms with Crippen molar-refractivity contribution in [3.05, 3.63) is 54.5 Å². The molecule has 2 amide bonds. The average Bonchev–Trinajstić information content (AvgIpc) is 3.51. The number of hydrogen-bond acceptors (Lipinski definition) is 7. The van der Waals surface area contributed by atoms with Gasteiger partial charge in [0.2, 0.25) is 11.8 Å². The number of amides is 2. The van der Waals surface area contributed by atoms with Crippen LogP contribution in [0.25, 0.3) is 22.0 Å². The molecule has 32 heavy (non-hydrogen) atoms. The molecule has 160 valence electrons. The van der Waals surface area contributed by atoms with Crippen molar-refractivity contribution in [3.8, 4) is 17.3 Å². The van der Waals surface area contributed by atoms with E-state index < -0.39 is 17.4 Å². The topological polar surface area (TPSA) is 147 Å². The SMILES string of the molecule is Cc1ccncc1-c1cc2cc(NC(=O)/C=C/C(=O)NC3(CC#N)CC3)ncc2c(N)n1. The van der Waals surface area contributed by atoms with E-state index in [9.17, 15) is 9.59 Å². The van der Waals surface area contributed by atoms with Crippen LogP contribution in [0.2, 0.25) is 0 Å². The Bertz CT molecular complexity index is 1290. The normalized spacial score (nSPS) is 14.1. The molecular formula is C23H21N7O2.